The van der Waals surface area contributed by atoms with Crippen LogP contribution in [0.15, 0.2) is 48.5 Å². The van der Waals surface area contributed by atoms with E-state index >= 15 is 0 Å². The molecule has 0 saturated heterocycles. The van der Waals surface area contributed by atoms with E-state index in [0.717, 1.165) is 17.9 Å². The Morgan fingerprint density at radius 1 is 1.04 bits per heavy atom. The molecule has 126 valence electrons. The monoisotopic (exact) mass is 325 g/mol. The topological polar surface area (TPSA) is 72.4 Å². The molecule has 0 bridgehead atoms. The fourth-order valence-corrected chi connectivity index (χ4v) is 3.45. The molecule has 2 aromatic carbocycles. The van der Waals surface area contributed by atoms with E-state index in [1.54, 1.807) is 12.1 Å². The Hall–Kier alpha value is -2.56. The lowest BCUT2D eigenvalue weighted by atomic mass is 9.88. The Morgan fingerprint density at radius 2 is 1.75 bits per heavy atom. The minimum absolute atomic E-state index is 0.0305. The van der Waals surface area contributed by atoms with Crippen LogP contribution in [0.5, 0.6) is 0 Å². The first-order valence-electron chi connectivity index (χ1n) is 8.51. The van der Waals surface area contributed by atoms with Crippen molar-refractivity contribution in [1.29, 1.82) is 0 Å². The van der Waals surface area contributed by atoms with Gasteiger partial charge >= 0.3 is 0 Å². The maximum atomic E-state index is 11.2. The first-order valence-corrected chi connectivity index (χ1v) is 8.51. The molecule has 3 rings (SSSR count). The molecule has 0 amide bonds. The summed E-state index contributed by atoms with van der Waals surface area (Å²) in [5.41, 5.74) is 7.81. The molecule has 2 aromatic rings. The summed E-state index contributed by atoms with van der Waals surface area (Å²) in [6.45, 7) is 0.880. The second-order valence-corrected chi connectivity index (χ2v) is 6.45. The Labute approximate surface area is 142 Å². The van der Waals surface area contributed by atoms with Crippen LogP contribution in [-0.2, 0) is 0 Å². The molecule has 0 unspecified atom stereocenters. The van der Waals surface area contributed by atoms with E-state index < -0.39 is 4.92 Å². The van der Waals surface area contributed by atoms with Gasteiger partial charge in [-0.2, -0.15) is 0 Å². The van der Waals surface area contributed by atoms with Gasteiger partial charge in [-0.15, -0.1) is 0 Å². The van der Waals surface area contributed by atoms with E-state index in [1.165, 1.54) is 32.1 Å². The maximum Gasteiger partial charge on any atom is 0.294 e. The predicted molar refractivity (Wildman–Crippen MR) is 97.5 cm³/mol. The summed E-state index contributed by atoms with van der Waals surface area (Å²) < 4.78 is 0. The van der Waals surface area contributed by atoms with Crippen molar-refractivity contribution in [2.45, 2.75) is 32.1 Å². The molecular weight excluding hydrogens is 302 g/mol. The van der Waals surface area contributed by atoms with Gasteiger partial charge in [0.25, 0.3) is 5.69 Å². The van der Waals surface area contributed by atoms with Crippen molar-refractivity contribution in [3.05, 3.63) is 58.6 Å². The fraction of sp³-hybridized carbons (Fsp3) is 0.368. The average Bonchev–Trinajstić information content (AvgIpc) is 2.62. The van der Waals surface area contributed by atoms with Crippen LogP contribution in [0.2, 0.25) is 0 Å². The predicted octanol–water partition coefficient (Wildman–Crippen LogP) is 4.90. The van der Waals surface area contributed by atoms with Crippen LogP contribution in [0, 0.1) is 16.0 Å². The molecule has 0 aliphatic heterocycles. The van der Waals surface area contributed by atoms with Crippen molar-refractivity contribution >= 4 is 22.7 Å². The van der Waals surface area contributed by atoms with Crippen LogP contribution in [0.4, 0.5) is 22.7 Å². The van der Waals surface area contributed by atoms with Crippen LogP contribution in [0.25, 0.3) is 0 Å². The molecular formula is C19H23N3O2. The first kappa shape index (κ1) is 16.3. The number of anilines is 3. The number of nitrogen functional groups attached to an aromatic ring is 1. The van der Waals surface area contributed by atoms with Crippen LogP contribution in [0.1, 0.15) is 32.1 Å². The third-order valence-electron chi connectivity index (χ3n) is 4.76. The van der Waals surface area contributed by atoms with Crippen molar-refractivity contribution < 1.29 is 4.92 Å². The minimum atomic E-state index is -0.414. The summed E-state index contributed by atoms with van der Waals surface area (Å²) in [5, 5.41) is 11.2. The molecule has 0 atom stereocenters. The highest BCUT2D eigenvalue weighted by atomic mass is 16.6. The Bertz CT molecular complexity index is 697. The highest BCUT2D eigenvalue weighted by Gasteiger charge is 2.21. The number of benzene rings is 2. The van der Waals surface area contributed by atoms with E-state index in [4.69, 9.17) is 5.73 Å². The molecule has 0 spiro atoms. The Balaban J connectivity index is 1.95. The van der Waals surface area contributed by atoms with E-state index in [0.29, 0.717) is 5.92 Å². The number of para-hydroxylation sites is 1. The van der Waals surface area contributed by atoms with E-state index in [-0.39, 0.29) is 11.4 Å². The van der Waals surface area contributed by atoms with Crippen molar-refractivity contribution in [1.82, 2.24) is 0 Å². The summed E-state index contributed by atoms with van der Waals surface area (Å²) in [6, 6.07) is 15.2. The number of rotatable bonds is 5. The molecule has 5 nitrogen and oxygen atoms in total. The number of hydrogen-bond donors (Lipinski definition) is 1. The van der Waals surface area contributed by atoms with E-state index in [1.807, 2.05) is 36.4 Å². The van der Waals surface area contributed by atoms with Gasteiger partial charge in [0.05, 0.1) is 4.92 Å². The van der Waals surface area contributed by atoms with Crippen molar-refractivity contribution in [2.24, 2.45) is 5.92 Å². The lowest BCUT2D eigenvalue weighted by Crippen LogP contribution is -2.26. The summed E-state index contributed by atoms with van der Waals surface area (Å²) >= 11 is 0. The molecule has 1 saturated carbocycles. The van der Waals surface area contributed by atoms with Crippen LogP contribution < -0.4 is 10.6 Å². The summed E-state index contributed by atoms with van der Waals surface area (Å²) in [6.07, 6.45) is 6.31. The summed E-state index contributed by atoms with van der Waals surface area (Å²) in [5.74, 6) is 0.621. The highest BCUT2D eigenvalue weighted by Crippen LogP contribution is 2.34. The molecule has 0 heterocycles. The molecule has 5 heteroatoms. The van der Waals surface area contributed by atoms with Crippen molar-refractivity contribution in [3.8, 4) is 0 Å². The normalized spacial score (nSPS) is 15.2. The second-order valence-electron chi connectivity index (χ2n) is 6.45. The summed E-state index contributed by atoms with van der Waals surface area (Å²) in [4.78, 5) is 13.0. The van der Waals surface area contributed by atoms with Gasteiger partial charge in [0.15, 0.2) is 0 Å². The Kier molecular flexibility index (Phi) is 4.99. The van der Waals surface area contributed by atoms with E-state index in [9.17, 15) is 10.1 Å². The van der Waals surface area contributed by atoms with Gasteiger partial charge < -0.3 is 10.6 Å². The quantitative estimate of drug-likeness (QED) is 0.482. The summed E-state index contributed by atoms with van der Waals surface area (Å²) in [7, 11) is 0. The molecule has 1 aliphatic rings. The number of hydrogen-bond acceptors (Lipinski definition) is 4. The van der Waals surface area contributed by atoms with Gasteiger partial charge in [0, 0.05) is 24.0 Å². The smallest absolute Gasteiger partial charge is 0.294 e. The van der Waals surface area contributed by atoms with Gasteiger partial charge in [0.2, 0.25) is 0 Å². The van der Waals surface area contributed by atoms with Crippen LogP contribution in [-0.4, -0.2) is 11.5 Å². The SMILES string of the molecule is Nc1ccc(N(CC2CCCCC2)c2ccccc2)cc1[N+](=O)[O-]. The van der Waals surface area contributed by atoms with E-state index in [2.05, 4.69) is 4.90 Å². The molecule has 0 radical (unpaired) electrons. The van der Waals surface area contributed by atoms with Gasteiger partial charge in [-0.05, 0) is 43.0 Å². The lowest BCUT2D eigenvalue weighted by Gasteiger charge is -2.31. The Morgan fingerprint density at radius 3 is 2.42 bits per heavy atom. The van der Waals surface area contributed by atoms with Crippen molar-refractivity contribution in [3.63, 3.8) is 0 Å². The average molecular weight is 325 g/mol. The van der Waals surface area contributed by atoms with Crippen molar-refractivity contribution in [2.75, 3.05) is 17.2 Å². The second kappa shape index (κ2) is 7.34. The third-order valence-corrected chi connectivity index (χ3v) is 4.76. The zero-order valence-electron chi connectivity index (χ0n) is 13.7. The molecule has 2 N–H and O–H groups in total. The number of nitro groups is 1. The zero-order chi connectivity index (χ0) is 16.9. The van der Waals surface area contributed by atoms with Crippen LogP contribution in [0.3, 0.4) is 0 Å². The molecule has 1 aliphatic carbocycles. The molecule has 24 heavy (non-hydrogen) atoms. The number of nitrogens with two attached hydrogens (primary N) is 1. The molecule has 0 aromatic heterocycles. The zero-order valence-corrected chi connectivity index (χ0v) is 13.7. The lowest BCUT2D eigenvalue weighted by molar-refractivity contribution is -0.383. The highest BCUT2D eigenvalue weighted by molar-refractivity contribution is 5.71. The number of nitrogens with zero attached hydrogens (tertiary/aromatic N) is 2. The van der Waals surface area contributed by atoms with Gasteiger partial charge in [-0.1, -0.05) is 37.5 Å². The van der Waals surface area contributed by atoms with Crippen LogP contribution >= 0.6 is 0 Å². The largest absolute Gasteiger partial charge is 0.393 e. The molecule has 1 fully saturated rings. The van der Waals surface area contributed by atoms with Gasteiger partial charge in [-0.3, -0.25) is 10.1 Å². The third kappa shape index (κ3) is 3.67. The maximum absolute atomic E-state index is 11.2. The first-order chi connectivity index (χ1) is 11.6. The minimum Gasteiger partial charge on any atom is -0.393 e. The number of nitro benzene ring substituents is 1. The fourth-order valence-electron chi connectivity index (χ4n) is 3.45. The van der Waals surface area contributed by atoms with Gasteiger partial charge in [0.1, 0.15) is 5.69 Å². The van der Waals surface area contributed by atoms with Gasteiger partial charge in [-0.25, -0.2) is 0 Å². The standard InChI is InChI=1S/C19H23N3O2/c20-18-12-11-17(13-19(18)22(23)24)21(16-9-5-2-6-10-16)14-15-7-3-1-4-8-15/h2,5-6,9-13,15H,1,3-4,7-8,14,20H2.